The molecule has 0 saturated carbocycles. The smallest absolute Gasteiger partial charge is 0.0845 e. The summed E-state index contributed by atoms with van der Waals surface area (Å²) < 4.78 is 0. The Labute approximate surface area is 56.3 Å². The van der Waals surface area contributed by atoms with Gasteiger partial charge in [-0.15, -0.1) is 0 Å². The van der Waals surface area contributed by atoms with Crippen LogP contribution in [0.25, 0.3) is 0 Å². The van der Waals surface area contributed by atoms with E-state index in [9.17, 15) is 0 Å². The highest BCUT2D eigenvalue weighted by atomic mass is 15.1. The van der Waals surface area contributed by atoms with Crippen LogP contribution in [0.2, 0.25) is 0 Å². The molecule has 0 spiro atoms. The fourth-order valence-corrected chi connectivity index (χ4v) is 1.15. The molecule has 0 aromatic heterocycles. The molecular weight excluding hydrogens is 112 g/mol. The molecule has 0 aromatic rings. The normalized spacial score (nSPS) is 17.6. The van der Waals surface area contributed by atoms with E-state index in [1.807, 2.05) is 0 Å². The molecule has 52 valence electrons. The number of allylic oxidation sites excluding steroid dienone is 2. The monoisotopic (exact) mass is 126 g/mol. The fourth-order valence-electron chi connectivity index (χ4n) is 1.15. The van der Waals surface area contributed by atoms with Crippen LogP contribution in [-0.2, 0) is 0 Å². The molecular formula is C7H14N2. The van der Waals surface area contributed by atoms with Crippen molar-refractivity contribution in [3.63, 3.8) is 0 Å². The predicted molar refractivity (Wildman–Crippen MR) is 38.7 cm³/mol. The van der Waals surface area contributed by atoms with Gasteiger partial charge in [-0.05, 0) is 12.8 Å². The van der Waals surface area contributed by atoms with Gasteiger partial charge in [0.2, 0.25) is 0 Å². The summed E-state index contributed by atoms with van der Waals surface area (Å²) in [7, 11) is 0. The van der Waals surface area contributed by atoms with Crippen LogP contribution in [0, 0.1) is 0 Å². The molecule has 0 amide bonds. The van der Waals surface area contributed by atoms with Crippen molar-refractivity contribution < 1.29 is 0 Å². The summed E-state index contributed by atoms with van der Waals surface area (Å²) in [5, 5.41) is 6.55. The molecule has 0 bridgehead atoms. The van der Waals surface area contributed by atoms with Gasteiger partial charge in [0.05, 0.1) is 6.67 Å². The summed E-state index contributed by atoms with van der Waals surface area (Å²) in [5.41, 5.74) is 2.77. The van der Waals surface area contributed by atoms with Crippen molar-refractivity contribution in [2.24, 2.45) is 0 Å². The highest BCUT2D eigenvalue weighted by Gasteiger charge is 2.07. The van der Waals surface area contributed by atoms with Gasteiger partial charge < -0.3 is 10.6 Å². The number of hydrogen-bond donors (Lipinski definition) is 2. The Morgan fingerprint density at radius 3 is 1.89 bits per heavy atom. The van der Waals surface area contributed by atoms with Crippen LogP contribution in [0.4, 0.5) is 0 Å². The maximum absolute atomic E-state index is 3.28. The van der Waals surface area contributed by atoms with E-state index in [0.717, 1.165) is 19.5 Å². The minimum Gasteiger partial charge on any atom is -0.370 e. The molecule has 0 aliphatic carbocycles. The Hall–Kier alpha value is -0.660. The molecule has 2 N–H and O–H groups in total. The molecule has 2 nitrogen and oxygen atoms in total. The lowest BCUT2D eigenvalue weighted by Gasteiger charge is -1.98. The average Bonchev–Trinajstić information content (AvgIpc) is 2.33. The maximum atomic E-state index is 3.28. The third-order valence-corrected chi connectivity index (χ3v) is 1.67. The van der Waals surface area contributed by atoms with E-state index in [-0.39, 0.29) is 0 Å². The Morgan fingerprint density at radius 2 is 1.56 bits per heavy atom. The first-order valence-electron chi connectivity index (χ1n) is 3.58. The zero-order valence-electron chi connectivity index (χ0n) is 6.12. The summed E-state index contributed by atoms with van der Waals surface area (Å²) in [4.78, 5) is 0. The van der Waals surface area contributed by atoms with Crippen LogP contribution in [-0.4, -0.2) is 6.67 Å². The molecule has 0 fully saturated rings. The molecule has 0 saturated heterocycles. The second kappa shape index (κ2) is 2.76. The second-order valence-electron chi connectivity index (χ2n) is 2.19. The summed E-state index contributed by atoms with van der Waals surface area (Å²) >= 11 is 0. The average molecular weight is 126 g/mol. The molecule has 0 atom stereocenters. The van der Waals surface area contributed by atoms with Gasteiger partial charge in [0.15, 0.2) is 0 Å². The van der Waals surface area contributed by atoms with Crippen molar-refractivity contribution >= 4 is 0 Å². The van der Waals surface area contributed by atoms with Gasteiger partial charge in [0, 0.05) is 11.4 Å². The van der Waals surface area contributed by atoms with Crippen LogP contribution in [0.1, 0.15) is 26.7 Å². The molecule has 1 aliphatic heterocycles. The third-order valence-electron chi connectivity index (χ3n) is 1.67. The molecule has 1 heterocycles. The highest BCUT2D eigenvalue weighted by Crippen LogP contribution is 2.09. The minimum atomic E-state index is 0.923. The van der Waals surface area contributed by atoms with Gasteiger partial charge in [-0.3, -0.25) is 0 Å². The number of hydrogen-bond acceptors (Lipinski definition) is 2. The zero-order chi connectivity index (χ0) is 6.69. The van der Waals surface area contributed by atoms with Gasteiger partial charge in [0.25, 0.3) is 0 Å². The Morgan fingerprint density at radius 1 is 1.11 bits per heavy atom. The Bertz CT molecular complexity index is 113. The van der Waals surface area contributed by atoms with E-state index in [1.54, 1.807) is 0 Å². The van der Waals surface area contributed by atoms with E-state index in [4.69, 9.17) is 0 Å². The van der Waals surface area contributed by atoms with Gasteiger partial charge >= 0.3 is 0 Å². The summed E-state index contributed by atoms with van der Waals surface area (Å²) in [6.07, 6.45) is 2.24. The van der Waals surface area contributed by atoms with E-state index in [2.05, 4.69) is 24.5 Å². The van der Waals surface area contributed by atoms with Crippen molar-refractivity contribution in [2.45, 2.75) is 26.7 Å². The quantitative estimate of drug-likeness (QED) is 0.580. The zero-order valence-corrected chi connectivity index (χ0v) is 6.12. The standard InChI is InChI=1S/C7H14N2/c1-3-6-7(4-2)9-5-8-6/h8-9H,3-5H2,1-2H3. The first kappa shape index (κ1) is 6.46. The number of nitrogens with one attached hydrogen (secondary N) is 2. The maximum Gasteiger partial charge on any atom is 0.0845 e. The van der Waals surface area contributed by atoms with Gasteiger partial charge in [-0.2, -0.15) is 0 Å². The Kier molecular flexibility index (Phi) is 1.98. The SMILES string of the molecule is CCC1=C(CC)NCN1. The largest absolute Gasteiger partial charge is 0.370 e. The number of rotatable bonds is 2. The van der Waals surface area contributed by atoms with Crippen LogP contribution in [0.3, 0.4) is 0 Å². The van der Waals surface area contributed by atoms with Crippen LogP contribution < -0.4 is 10.6 Å². The molecule has 1 rings (SSSR count). The fraction of sp³-hybridized carbons (Fsp3) is 0.714. The Balaban J connectivity index is 2.59. The topological polar surface area (TPSA) is 24.1 Å². The van der Waals surface area contributed by atoms with Crippen molar-refractivity contribution in [2.75, 3.05) is 6.67 Å². The van der Waals surface area contributed by atoms with Crippen molar-refractivity contribution in [1.29, 1.82) is 0 Å². The minimum absolute atomic E-state index is 0.923. The van der Waals surface area contributed by atoms with E-state index < -0.39 is 0 Å². The second-order valence-corrected chi connectivity index (χ2v) is 2.19. The summed E-state index contributed by atoms with van der Waals surface area (Å²) in [5.74, 6) is 0. The first-order chi connectivity index (χ1) is 4.38. The molecule has 0 aromatic carbocycles. The summed E-state index contributed by atoms with van der Waals surface area (Å²) in [6, 6.07) is 0. The van der Waals surface area contributed by atoms with E-state index in [1.165, 1.54) is 11.4 Å². The lowest BCUT2D eigenvalue weighted by atomic mass is 10.2. The van der Waals surface area contributed by atoms with Crippen LogP contribution in [0.5, 0.6) is 0 Å². The predicted octanol–water partition coefficient (Wildman–Crippen LogP) is 1.17. The van der Waals surface area contributed by atoms with Crippen molar-refractivity contribution in [3.8, 4) is 0 Å². The first-order valence-corrected chi connectivity index (χ1v) is 3.58. The lowest BCUT2D eigenvalue weighted by molar-refractivity contribution is 0.775. The third kappa shape index (κ3) is 1.18. The molecule has 0 unspecified atom stereocenters. The van der Waals surface area contributed by atoms with Gasteiger partial charge in [-0.1, -0.05) is 13.8 Å². The van der Waals surface area contributed by atoms with E-state index >= 15 is 0 Å². The lowest BCUT2D eigenvalue weighted by Crippen LogP contribution is -2.14. The molecule has 1 aliphatic rings. The molecule has 9 heavy (non-hydrogen) atoms. The summed E-state index contributed by atoms with van der Waals surface area (Å²) in [6.45, 7) is 5.27. The van der Waals surface area contributed by atoms with Crippen molar-refractivity contribution in [1.82, 2.24) is 10.6 Å². The van der Waals surface area contributed by atoms with Gasteiger partial charge in [-0.25, -0.2) is 0 Å². The highest BCUT2D eigenvalue weighted by molar-refractivity contribution is 5.14. The van der Waals surface area contributed by atoms with Gasteiger partial charge in [0.1, 0.15) is 0 Å². The molecule has 2 heteroatoms. The van der Waals surface area contributed by atoms with Crippen molar-refractivity contribution in [3.05, 3.63) is 11.4 Å². The van der Waals surface area contributed by atoms with E-state index in [0.29, 0.717) is 0 Å². The van der Waals surface area contributed by atoms with Crippen LogP contribution in [0.15, 0.2) is 11.4 Å². The van der Waals surface area contributed by atoms with Crippen LogP contribution >= 0.6 is 0 Å². The molecule has 0 radical (unpaired) electrons.